The van der Waals surface area contributed by atoms with Crippen LogP contribution in [-0.4, -0.2) is 19.5 Å². The lowest BCUT2D eigenvalue weighted by molar-refractivity contribution is 0.669. The molecule has 9 aromatic carbocycles. The zero-order valence-corrected chi connectivity index (χ0v) is 30.0. The number of aromatic nitrogens is 4. The molecule has 0 bridgehead atoms. The number of benzene rings is 9. The first kappa shape index (κ1) is 30.8. The van der Waals surface area contributed by atoms with Gasteiger partial charge in [-0.3, -0.25) is 0 Å². The molecule has 0 aliphatic rings. The molecule has 0 atom stereocenters. The van der Waals surface area contributed by atoms with Gasteiger partial charge in [0.25, 0.3) is 0 Å². The quantitative estimate of drug-likeness (QED) is 0.170. The highest BCUT2D eigenvalue weighted by Gasteiger charge is 2.22. The first-order valence-electron chi connectivity index (χ1n) is 18.9. The lowest BCUT2D eigenvalue weighted by Crippen LogP contribution is -2.02. The zero-order valence-electron chi connectivity index (χ0n) is 30.0. The average molecular weight is 715 g/mol. The van der Waals surface area contributed by atoms with Crippen molar-refractivity contribution in [3.8, 4) is 39.9 Å². The molecule has 12 aromatic rings. The molecule has 3 heterocycles. The normalized spacial score (nSPS) is 11.9. The van der Waals surface area contributed by atoms with Gasteiger partial charge in [0, 0.05) is 49.3 Å². The second kappa shape index (κ2) is 11.9. The first-order valence-corrected chi connectivity index (χ1v) is 18.9. The van der Waals surface area contributed by atoms with E-state index in [1.807, 2.05) is 48.5 Å². The summed E-state index contributed by atoms with van der Waals surface area (Å²) >= 11 is 0. The number of fused-ring (bicyclic) bond motifs is 12. The van der Waals surface area contributed by atoms with Crippen molar-refractivity contribution in [2.45, 2.75) is 0 Å². The van der Waals surface area contributed by atoms with Gasteiger partial charge in [0.15, 0.2) is 17.5 Å². The Morgan fingerprint density at radius 3 is 1.57 bits per heavy atom. The molecule has 0 radical (unpaired) electrons. The Bertz CT molecular complexity index is 3470. The van der Waals surface area contributed by atoms with Crippen molar-refractivity contribution in [2.24, 2.45) is 0 Å². The van der Waals surface area contributed by atoms with Gasteiger partial charge in [-0.05, 0) is 63.3 Å². The summed E-state index contributed by atoms with van der Waals surface area (Å²) in [5.74, 6) is 1.88. The van der Waals surface area contributed by atoms with E-state index in [0.717, 1.165) is 82.3 Å². The minimum Gasteiger partial charge on any atom is -0.456 e. The predicted octanol–water partition coefficient (Wildman–Crippen LogP) is 13.3. The van der Waals surface area contributed by atoms with Crippen LogP contribution in [0.2, 0.25) is 0 Å². The highest BCUT2D eigenvalue weighted by molar-refractivity contribution is 6.29. The molecule has 0 amide bonds. The van der Waals surface area contributed by atoms with E-state index in [0.29, 0.717) is 17.5 Å². The predicted molar refractivity (Wildman–Crippen MR) is 230 cm³/mol. The van der Waals surface area contributed by atoms with Gasteiger partial charge in [0.05, 0.1) is 11.0 Å². The molecule has 56 heavy (non-hydrogen) atoms. The van der Waals surface area contributed by atoms with Crippen LogP contribution in [0.1, 0.15) is 0 Å². The van der Waals surface area contributed by atoms with Crippen molar-refractivity contribution in [2.75, 3.05) is 0 Å². The van der Waals surface area contributed by atoms with E-state index in [4.69, 9.17) is 19.4 Å². The van der Waals surface area contributed by atoms with Crippen molar-refractivity contribution in [3.63, 3.8) is 0 Å². The molecule has 260 valence electrons. The molecule has 5 nitrogen and oxygen atoms in total. The summed E-state index contributed by atoms with van der Waals surface area (Å²) in [6.45, 7) is 0. The number of rotatable bonds is 4. The van der Waals surface area contributed by atoms with E-state index in [2.05, 4.69) is 138 Å². The Hall–Kier alpha value is -7.63. The minimum atomic E-state index is 0.619. The highest BCUT2D eigenvalue weighted by Crippen LogP contribution is 2.44. The average Bonchev–Trinajstić information content (AvgIpc) is 3.80. The van der Waals surface area contributed by atoms with E-state index in [-0.39, 0.29) is 0 Å². The third-order valence-electron chi connectivity index (χ3n) is 11.2. The van der Waals surface area contributed by atoms with Gasteiger partial charge in [-0.2, -0.15) is 0 Å². The Morgan fingerprint density at radius 2 is 0.875 bits per heavy atom. The van der Waals surface area contributed by atoms with Gasteiger partial charge in [0.1, 0.15) is 11.2 Å². The Labute approximate surface area is 320 Å². The second-order valence-corrected chi connectivity index (χ2v) is 14.4. The van der Waals surface area contributed by atoms with Gasteiger partial charge in [0.2, 0.25) is 0 Å². The number of hydrogen-bond donors (Lipinski definition) is 0. The van der Waals surface area contributed by atoms with E-state index in [1.165, 1.54) is 16.2 Å². The van der Waals surface area contributed by atoms with Gasteiger partial charge in [-0.25, -0.2) is 15.0 Å². The molecular formula is C51H30N4O. The Balaban J connectivity index is 1.25. The van der Waals surface area contributed by atoms with Crippen LogP contribution in [0.4, 0.5) is 0 Å². The van der Waals surface area contributed by atoms with Gasteiger partial charge < -0.3 is 8.98 Å². The SMILES string of the molecule is c1ccc(-c2nc(-c3ccccc3)nc(-c3cc(-n4c5ccccc5c5cc6oc7ccccc7c6cc54)cc4c5ccccc5c5ccccc5c34)n2)cc1. The smallest absolute Gasteiger partial charge is 0.164 e. The fraction of sp³-hybridized carbons (Fsp3) is 0. The maximum Gasteiger partial charge on any atom is 0.164 e. The van der Waals surface area contributed by atoms with Crippen LogP contribution in [0.15, 0.2) is 186 Å². The maximum atomic E-state index is 6.41. The standard InChI is InChI=1S/C51H30N4O/c1-3-15-31(16-4-1)49-52-50(32-17-5-2-6-18-32)54-51(53-49)43-28-33(27-42-36-21-8-7-19-34(36)35-20-9-10-24-39(35)48(42)43)55-44-25-13-11-22-37(44)40-30-47-41(29-45(40)55)38-23-12-14-26-46(38)56-47/h1-30H. The molecule has 0 saturated heterocycles. The van der Waals surface area contributed by atoms with Crippen LogP contribution in [0.3, 0.4) is 0 Å². The Morgan fingerprint density at radius 1 is 0.339 bits per heavy atom. The molecule has 0 aliphatic carbocycles. The Kier molecular flexibility index (Phi) is 6.56. The molecule has 0 fully saturated rings. The second-order valence-electron chi connectivity index (χ2n) is 14.4. The van der Waals surface area contributed by atoms with Gasteiger partial charge >= 0.3 is 0 Å². The highest BCUT2D eigenvalue weighted by atomic mass is 16.3. The summed E-state index contributed by atoms with van der Waals surface area (Å²) in [6, 6.07) is 63.9. The van der Waals surface area contributed by atoms with E-state index < -0.39 is 0 Å². The van der Waals surface area contributed by atoms with Crippen molar-refractivity contribution in [3.05, 3.63) is 182 Å². The first-order chi connectivity index (χ1) is 27.8. The topological polar surface area (TPSA) is 56.7 Å². The molecule has 0 aliphatic heterocycles. The van der Waals surface area contributed by atoms with Gasteiger partial charge in [-0.15, -0.1) is 0 Å². The number of nitrogens with zero attached hydrogens (tertiary/aromatic N) is 4. The summed E-state index contributed by atoms with van der Waals surface area (Å²) in [5, 5.41) is 11.5. The van der Waals surface area contributed by atoms with Crippen LogP contribution in [0.25, 0.3) is 116 Å². The van der Waals surface area contributed by atoms with Crippen molar-refractivity contribution in [1.29, 1.82) is 0 Å². The van der Waals surface area contributed by atoms with Crippen LogP contribution in [-0.2, 0) is 0 Å². The molecule has 12 rings (SSSR count). The fourth-order valence-corrected chi connectivity index (χ4v) is 8.72. The van der Waals surface area contributed by atoms with Crippen molar-refractivity contribution >= 4 is 76.1 Å². The van der Waals surface area contributed by atoms with Crippen LogP contribution >= 0.6 is 0 Å². The van der Waals surface area contributed by atoms with E-state index in [9.17, 15) is 0 Å². The molecule has 0 saturated carbocycles. The number of hydrogen-bond acceptors (Lipinski definition) is 4. The summed E-state index contributed by atoms with van der Waals surface area (Å²) < 4.78 is 8.81. The van der Waals surface area contributed by atoms with E-state index in [1.54, 1.807) is 0 Å². The maximum absolute atomic E-state index is 6.41. The molecule has 3 aromatic heterocycles. The number of furan rings is 1. The van der Waals surface area contributed by atoms with Crippen LogP contribution in [0.5, 0.6) is 0 Å². The van der Waals surface area contributed by atoms with Crippen LogP contribution < -0.4 is 0 Å². The van der Waals surface area contributed by atoms with Crippen LogP contribution in [0, 0.1) is 0 Å². The fourth-order valence-electron chi connectivity index (χ4n) is 8.72. The number of para-hydroxylation sites is 2. The minimum absolute atomic E-state index is 0.619. The molecule has 5 heteroatoms. The monoisotopic (exact) mass is 714 g/mol. The van der Waals surface area contributed by atoms with E-state index >= 15 is 0 Å². The lowest BCUT2D eigenvalue weighted by atomic mass is 9.91. The van der Waals surface area contributed by atoms with Crippen molar-refractivity contribution < 1.29 is 4.42 Å². The lowest BCUT2D eigenvalue weighted by Gasteiger charge is -2.18. The summed E-state index contributed by atoms with van der Waals surface area (Å²) in [7, 11) is 0. The van der Waals surface area contributed by atoms with Gasteiger partial charge in [-0.1, -0.05) is 146 Å². The third kappa shape index (κ3) is 4.58. The molecule has 0 N–H and O–H groups in total. The largest absolute Gasteiger partial charge is 0.456 e. The molecule has 0 unspecified atom stereocenters. The summed E-state index contributed by atoms with van der Waals surface area (Å²) in [6.07, 6.45) is 0. The summed E-state index contributed by atoms with van der Waals surface area (Å²) in [5.41, 5.74) is 7.81. The third-order valence-corrected chi connectivity index (χ3v) is 11.2. The molecule has 0 spiro atoms. The molecular weight excluding hydrogens is 685 g/mol. The zero-order chi connectivity index (χ0) is 36.7. The van der Waals surface area contributed by atoms with Crippen molar-refractivity contribution in [1.82, 2.24) is 19.5 Å². The summed E-state index contributed by atoms with van der Waals surface area (Å²) in [4.78, 5) is 15.7.